The van der Waals surface area contributed by atoms with Crippen LogP contribution in [-0.4, -0.2) is 28.8 Å². The van der Waals surface area contributed by atoms with Crippen LogP contribution in [0, 0.1) is 6.92 Å². The molecule has 1 aliphatic carbocycles. The van der Waals surface area contributed by atoms with Gasteiger partial charge in [0.2, 0.25) is 11.8 Å². The molecule has 0 spiro atoms. The third kappa shape index (κ3) is 5.77. The van der Waals surface area contributed by atoms with Gasteiger partial charge in [0.25, 0.3) is 0 Å². The number of benzene rings is 2. The first kappa shape index (κ1) is 22.6. The summed E-state index contributed by atoms with van der Waals surface area (Å²) in [5.41, 5.74) is 2.77. The van der Waals surface area contributed by atoms with Gasteiger partial charge < -0.3 is 10.2 Å². The summed E-state index contributed by atoms with van der Waals surface area (Å²) in [7, 11) is 0. The fraction of sp³-hybridized carbons (Fsp3) is 0.417. The standard InChI is InChI=1S/C24H28Cl2N2O2/c1-16-7-3-4-8-18(16)13-23(29)28(15-19-11-12-20(25)14-22(19)26)17(2)24(30)27-21-9-5-6-10-21/h3-4,7-8,11-12,14,17,21H,5-6,9-10,13,15H2,1-2H3,(H,27,30)/t17-/m0/s1. The lowest BCUT2D eigenvalue weighted by Crippen LogP contribution is -2.50. The molecular weight excluding hydrogens is 419 g/mol. The Morgan fingerprint density at radius 1 is 1.10 bits per heavy atom. The highest BCUT2D eigenvalue weighted by molar-refractivity contribution is 6.35. The number of nitrogens with one attached hydrogen (secondary N) is 1. The lowest BCUT2D eigenvalue weighted by atomic mass is 10.0. The van der Waals surface area contributed by atoms with Crippen LogP contribution in [0.3, 0.4) is 0 Å². The maximum Gasteiger partial charge on any atom is 0.242 e. The van der Waals surface area contributed by atoms with Gasteiger partial charge in [0.05, 0.1) is 6.42 Å². The van der Waals surface area contributed by atoms with Crippen LogP contribution in [0.25, 0.3) is 0 Å². The fourth-order valence-corrected chi connectivity index (χ4v) is 4.35. The molecule has 0 heterocycles. The van der Waals surface area contributed by atoms with Gasteiger partial charge in [0.1, 0.15) is 6.04 Å². The summed E-state index contributed by atoms with van der Waals surface area (Å²) in [6.07, 6.45) is 4.50. The third-order valence-electron chi connectivity index (χ3n) is 5.83. The van der Waals surface area contributed by atoms with Crippen molar-refractivity contribution in [2.45, 2.75) is 64.6 Å². The van der Waals surface area contributed by atoms with Crippen molar-refractivity contribution in [1.29, 1.82) is 0 Å². The van der Waals surface area contributed by atoms with Crippen molar-refractivity contribution >= 4 is 35.0 Å². The molecule has 4 nitrogen and oxygen atoms in total. The molecule has 1 atom stereocenters. The van der Waals surface area contributed by atoms with Crippen molar-refractivity contribution in [2.24, 2.45) is 0 Å². The quantitative estimate of drug-likeness (QED) is 0.625. The van der Waals surface area contributed by atoms with E-state index in [9.17, 15) is 9.59 Å². The first-order chi connectivity index (χ1) is 14.3. The predicted molar refractivity (Wildman–Crippen MR) is 122 cm³/mol. The van der Waals surface area contributed by atoms with E-state index < -0.39 is 6.04 Å². The van der Waals surface area contributed by atoms with Gasteiger partial charge in [0, 0.05) is 22.6 Å². The van der Waals surface area contributed by atoms with E-state index in [4.69, 9.17) is 23.2 Å². The number of hydrogen-bond acceptors (Lipinski definition) is 2. The van der Waals surface area contributed by atoms with E-state index in [-0.39, 0.29) is 30.8 Å². The average molecular weight is 447 g/mol. The molecule has 2 aromatic rings. The molecule has 30 heavy (non-hydrogen) atoms. The number of rotatable bonds is 7. The Morgan fingerprint density at radius 3 is 2.47 bits per heavy atom. The average Bonchev–Trinajstić information content (AvgIpc) is 3.21. The number of carbonyl (C=O) groups is 2. The molecule has 0 saturated heterocycles. The molecule has 0 aliphatic heterocycles. The van der Waals surface area contributed by atoms with Crippen LogP contribution < -0.4 is 5.32 Å². The molecule has 0 bridgehead atoms. The fourth-order valence-electron chi connectivity index (χ4n) is 3.88. The minimum Gasteiger partial charge on any atom is -0.352 e. The van der Waals surface area contributed by atoms with Crippen molar-refractivity contribution in [1.82, 2.24) is 10.2 Å². The zero-order valence-corrected chi connectivity index (χ0v) is 19.0. The zero-order valence-electron chi connectivity index (χ0n) is 17.5. The lowest BCUT2D eigenvalue weighted by molar-refractivity contribution is -0.140. The van der Waals surface area contributed by atoms with Gasteiger partial charge in [-0.25, -0.2) is 0 Å². The molecule has 1 saturated carbocycles. The van der Waals surface area contributed by atoms with E-state index in [1.54, 1.807) is 30.0 Å². The molecule has 1 fully saturated rings. The Bertz CT molecular complexity index is 910. The molecule has 0 unspecified atom stereocenters. The molecule has 1 N–H and O–H groups in total. The van der Waals surface area contributed by atoms with Crippen molar-refractivity contribution < 1.29 is 9.59 Å². The number of halogens is 2. The maximum absolute atomic E-state index is 13.3. The number of carbonyl (C=O) groups excluding carboxylic acids is 2. The minimum absolute atomic E-state index is 0.107. The predicted octanol–water partition coefficient (Wildman–Crippen LogP) is 5.32. The van der Waals surface area contributed by atoms with E-state index in [2.05, 4.69) is 5.32 Å². The molecule has 6 heteroatoms. The summed E-state index contributed by atoms with van der Waals surface area (Å²) in [5, 5.41) is 4.13. The SMILES string of the molecule is Cc1ccccc1CC(=O)N(Cc1ccc(Cl)cc1Cl)[C@@H](C)C(=O)NC1CCCC1. The first-order valence-electron chi connectivity index (χ1n) is 10.4. The number of hydrogen-bond donors (Lipinski definition) is 1. The molecule has 0 radical (unpaired) electrons. The smallest absolute Gasteiger partial charge is 0.242 e. The molecule has 1 aliphatic rings. The summed E-state index contributed by atoms with van der Waals surface area (Å²) >= 11 is 12.4. The van der Waals surface area contributed by atoms with Crippen LogP contribution in [0.5, 0.6) is 0 Å². The second-order valence-electron chi connectivity index (χ2n) is 8.03. The van der Waals surface area contributed by atoms with Crippen LogP contribution in [0.4, 0.5) is 0 Å². The largest absolute Gasteiger partial charge is 0.352 e. The normalized spacial score (nSPS) is 15.1. The van der Waals surface area contributed by atoms with E-state index in [0.717, 1.165) is 42.4 Å². The molecule has 3 rings (SSSR count). The molecule has 2 aromatic carbocycles. The molecule has 0 aromatic heterocycles. The monoisotopic (exact) mass is 446 g/mol. The van der Waals surface area contributed by atoms with Gasteiger partial charge in [-0.15, -0.1) is 0 Å². The Kier molecular flexibility index (Phi) is 7.79. The van der Waals surface area contributed by atoms with Gasteiger partial charge in [-0.2, -0.15) is 0 Å². The van der Waals surface area contributed by atoms with Crippen LogP contribution in [0.2, 0.25) is 10.0 Å². The van der Waals surface area contributed by atoms with Gasteiger partial charge in [0.15, 0.2) is 0 Å². The Balaban J connectivity index is 1.81. The van der Waals surface area contributed by atoms with Crippen molar-refractivity contribution in [3.8, 4) is 0 Å². The maximum atomic E-state index is 13.3. The third-order valence-corrected chi connectivity index (χ3v) is 6.41. The topological polar surface area (TPSA) is 49.4 Å². The van der Waals surface area contributed by atoms with Crippen LogP contribution in [0.1, 0.15) is 49.3 Å². The zero-order chi connectivity index (χ0) is 21.7. The Hall–Kier alpha value is -2.04. The van der Waals surface area contributed by atoms with Gasteiger partial charge in [-0.3, -0.25) is 9.59 Å². The second-order valence-corrected chi connectivity index (χ2v) is 8.87. The van der Waals surface area contributed by atoms with Gasteiger partial charge >= 0.3 is 0 Å². The molecule has 2 amide bonds. The highest BCUT2D eigenvalue weighted by Gasteiger charge is 2.29. The minimum atomic E-state index is -0.603. The molecule has 160 valence electrons. The van der Waals surface area contributed by atoms with E-state index in [1.165, 1.54) is 0 Å². The van der Waals surface area contributed by atoms with Gasteiger partial charge in [-0.1, -0.05) is 66.4 Å². The first-order valence-corrected chi connectivity index (χ1v) is 11.2. The van der Waals surface area contributed by atoms with Crippen LogP contribution in [0.15, 0.2) is 42.5 Å². The molecular formula is C24H28Cl2N2O2. The second kappa shape index (κ2) is 10.3. The number of nitrogens with zero attached hydrogens (tertiary/aromatic N) is 1. The van der Waals surface area contributed by atoms with Crippen molar-refractivity contribution in [3.63, 3.8) is 0 Å². The summed E-state index contributed by atoms with van der Waals surface area (Å²) in [5.74, 6) is -0.227. The van der Waals surface area contributed by atoms with E-state index in [0.29, 0.717) is 10.0 Å². The van der Waals surface area contributed by atoms with Crippen molar-refractivity contribution in [2.75, 3.05) is 0 Å². The highest BCUT2D eigenvalue weighted by Crippen LogP contribution is 2.24. The highest BCUT2D eigenvalue weighted by atomic mass is 35.5. The van der Waals surface area contributed by atoms with E-state index in [1.807, 2.05) is 31.2 Å². The summed E-state index contributed by atoms with van der Waals surface area (Å²) < 4.78 is 0. The summed E-state index contributed by atoms with van der Waals surface area (Å²) in [6.45, 7) is 4.02. The lowest BCUT2D eigenvalue weighted by Gasteiger charge is -2.30. The summed E-state index contributed by atoms with van der Waals surface area (Å²) in [4.78, 5) is 27.9. The number of aryl methyl sites for hydroxylation is 1. The van der Waals surface area contributed by atoms with E-state index >= 15 is 0 Å². The van der Waals surface area contributed by atoms with Crippen LogP contribution in [-0.2, 0) is 22.6 Å². The summed E-state index contributed by atoms with van der Waals surface area (Å²) in [6, 6.07) is 12.6. The number of amides is 2. The van der Waals surface area contributed by atoms with Gasteiger partial charge in [-0.05, 0) is 55.5 Å². The Morgan fingerprint density at radius 2 is 1.80 bits per heavy atom. The van der Waals surface area contributed by atoms with Crippen LogP contribution >= 0.6 is 23.2 Å². The van der Waals surface area contributed by atoms with Crippen molar-refractivity contribution in [3.05, 3.63) is 69.2 Å². The Labute approximate surface area is 188 Å².